The van der Waals surface area contributed by atoms with Gasteiger partial charge in [0.15, 0.2) is 0 Å². The zero-order valence-corrected chi connectivity index (χ0v) is 9.95. The highest BCUT2D eigenvalue weighted by atomic mass is 16.1. The van der Waals surface area contributed by atoms with E-state index in [0.717, 1.165) is 17.2 Å². The first-order chi connectivity index (χ1) is 9.33. The number of benzene rings is 2. The van der Waals surface area contributed by atoms with Crippen molar-refractivity contribution in [1.29, 1.82) is 5.26 Å². The molecule has 0 aliphatic carbocycles. The van der Waals surface area contributed by atoms with Gasteiger partial charge in [0.2, 0.25) is 0 Å². The average Bonchev–Trinajstić information content (AvgIpc) is 2.90. The molecule has 1 aromatic heterocycles. The molecule has 4 heteroatoms. The van der Waals surface area contributed by atoms with Gasteiger partial charge in [-0.15, -0.1) is 0 Å². The maximum absolute atomic E-state index is 10.8. The maximum Gasteiger partial charge on any atom is 0.150 e. The molecule has 0 N–H and O–H groups in total. The number of para-hydroxylation sites is 1. The van der Waals surface area contributed by atoms with Crippen LogP contribution in [0.2, 0.25) is 0 Å². The summed E-state index contributed by atoms with van der Waals surface area (Å²) in [5, 5.41) is 14.5. The molecule has 90 valence electrons. The van der Waals surface area contributed by atoms with E-state index in [9.17, 15) is 10.1 Å². The molecule has 0 amide bonds. The Balaban J connectivity index is 2.27. The number of aldehydes is 1. The average molecular weight is 247 g/mol. The third kappa shape index (κ3) is 1.78. The summed E-state index contributed by atoms with van der Waals surface area (Å²) in [6.45, 7) is 0. The fourth-order valence-corrected chi connectivity index (χ4v) is 2.06. The number of fused-ring (bicyclic) bond motifs is 1. The van der Waals surface area contributed by atoms with Crippen LogP contribution in [-0.4, -0.2) is 16.1 Å². The predicted molar refractivity (Wildman–Crippen MR) is 71.2 cm³/mol. The SMILES string of the molecule is N#Cc1cc(C=O)ccc1-n1ncc2ccccc21. The van der Waals surface area contributed by atoms with Crippen molar-refractivity contribution in [3.05, 3.63) is 59.8 Å². The third-order valence-corrected chi connectivity index (χ3v) is 2.98. The molecule has 19 heavy (non-hydrogen) atoms. The summed E-state index contributed by atoms with van der Waals surface area (Å²) in [6.07, 6.45) is 2.48. The van der Waals surface area contributed by atoms with Gasteiger partial charge in [-0.2, -0.15) is 10.4 Å². The molecular weight excluding hydrogens is 238 g/mol. The van der Waals surface area contributed by atoms with E-state index in [-0.39, 0.29) is 0 Å². The van der Waals surface area contributed by atoms with Gasteiger partial charge < -0.3 is 0 Å². The maximum atomic E-state index is 10.8. The van der Waals surface area contributed by atoms with Gasteiger partial charge in [0.1, 0.15) is 12.4 Å². The molecule has 0 aliphatic rings. The fourth-order valence-electron chi connectivity index (χ4n) is 2.06. The lowest BCUT2D eigenvalue weighted by atomic mass is 10.1. The first kappa shape index (κ1) is 11.2. The van der Waals surface area contributed by atoms with Crippen LogP contribution < -0.4 is 0 Å². The molecule has 3 aromatic rings. The fraction of sp³-hybridized carbons (Fsp3) is 0. The predicted octanol–water partition coefficient (Wildman–Crippen LogP) is 2.71. The Kier molecular flexibility index (Phi) is 2.58. The molecule has 0 aliphatic heterocycles. The Morgan fingerprint density at radius 3 is 2.84 bits per heavy atom. The van der Waals surface area contributed by atoms with E-state index in [0.29, 0.717) is 16.8 Å². The van der Waals surface area contributed by atoms with Crippen LogP contribution in [0, 0.1) is 11.3 Å². The summed E-state index contributed by atoms with van der Waals surface area (Å²) in [7, 11) is 0. The minimum absolute atomic E-state index is 0.429. The zero-order chi connectivity index (χ0) is 13.2. The van der Waals surface area contributed by atoms with Crippen LogP contribution in [0.5, 0.6) is 0 Å². The van der Waals surface area contributed by atoms with Gasteiger partial charge in [-0.05, 0) is 24.3 Å². The molecule has 0 unspecified atom stereocenters. The number of rotatable bonds is 2. The van der Waals surface area contributed by atoms with Gasteiger partial charge in [0.05, 0.1) is 23.0 Å². The van der Waals surface area contributed by atoms with Crippen molar-refractivity contribution in [2.24, 2.45) is 0 Å². The second-order valence-electron chi connectivity index (χ2n) is 4.12. The first-order valence-electron chi connectivity index (χ1n) is 5.76. The smallest absolute Gasteiger partial charge is 0.150 e. The Hall–Kier alpha value is -2.93. The van der Waals surface area contributed by atoms with Crippen LogP contribution in [0.15, 0.2) is 48.7 Å². The topological polar surface area (TPSA) is 58.7 Å². The highest BCUT2D eigenvalue weighted by molar-refractivity contribution is 5.81. The lowest BCUT2D eigenvalue weighted by molar-refractivity contribution is 0.112. The molecule has 0 atom stereocenters. The standard InChI is InChI=1S/C15H9N3O/c16-8-13-7-11(10-19)5-6-15(13)18-14-4-2-1-3-12(14)9-17-18/h1-7,9-10H. The monoisotopic (exact) mass is 247 g/mol. The zero-order valence-electron chi connectivity index (χ0n) is 9.95. The van der Waals surface area contributed by atoms with Gasteiger partial charge in [0, 0.05) is 10.9 Å². The van der Waals surface area contributed by atoms with E-state index in [1.54, 1.807) is 29.1 Å². The van der Waals surface area contributed by atoms with E-state index >= 15 is 0 Å². The lowest BCUT2D eigenvalue weighted by Gasteiger charge is -2.06. The van der Waals surface area contributed by atoms with Crippen LogP contribution in [0.1, 0.15) is 15.9 Å². The first-order valence-corrected chi connectivity index (χ1v) is 5.76. The Morgan fingerprint density at radius 1 is 1.21 bits per heavy atom. The van der Waals surface area contributed by atoms with Gasteiger partial charge in [-0.3, -0.25) is 4.79 Å². The second-order valence-corrected chi connectivity index (χ2v) is 4.12. The van der Waals surface area contributed by atoms with Crippen molar-refractivity contribution in [3.8, 4) is 11.8 Å². The van der Waals surface area contributed by atoms with E-state index < -0.39 is 0 Å². The van der Waals surface area contributed by atoms with E-state index in [4.69, 9.17) is 0 Å². The van der Waals surface area contributed by atoms with Crippen LogP contribution >= 0.6 is 0 Å². The minimum atomic E-state index is 0.429. The number of hydrogen-bond acceptors (Lipinski definition) is 3. The number of nitrogens with zero attached hydrogens (tertiary/aromatic N) is 3. The molecule has 2 aromatic carbocycles. The second kappa shape index (κ2) is 4.39. The largest absolute Gasteiger partial charge is 0.298 e. The van der Waals surface area contributed by atoms with Gasteiger partial charge >= 0.3 is 0 Å². The summed E-state index contributed by atoms with van der Waals surface area (Å²) in [6, 6.07) is 14.9. The van der Waals surface area contributed by atoms with E-state index in [1.165, 1.54) is 0 Å². The molecule has 3 rings (SSSR count). The molecule has 0 spiro atoms. The molecule has 0 fully saturated rings. The summed E-state index contributed by atoms with van der Waals surface area (Å²) >= 11 is 0. The molecular formula is C15H9N3O. The number of aromatic nitrogens is 2. The van der Waals surface area contributed by atoms with Gasteiger partial charge in [0.25, 0.3) is 0 Å². The van der Waals surface area contributed by atoms with Crippen LogP contribution in [0.25, 0.3) is 16.6 Å². The molecule has 1 heterocycles. The molecule has 0 saturated carbocycles. The lowest BCUT2D eigenvalue weighted by Crippen LogP contribution is -2.00. The van der Waals surface area contributed by atoms with Crippen molar-refractivity contribution >= 4 is 17.2 Å². The van der Waals surface area contributed by atoms with E-state index in [2.05, 4.69) is 11.2 Å². The van der Waals surface area contributed by atoms with Crippen LogP contribution in [0.4, 0.5) is 0 Å². The number of carbonyl (C=O) groups excluding carboxylic acids is 1. The Bertz CT molecular complexity index is 812. The van der Waals surface area contributed by atoms with E-state index in [1.807, 2.05) is 24.3 Å². The summed E-state index contributed by atoms with van der Waals surface area (Å²) in [4.78, 5) is 10.8. The Morgan fingerprint density at radius 2 is 2.05 bits per heavy atom. The number of carbonyl (C=O) groups is 1. The quantitative estimate of drug-likeness (QED) is 0.654. The van der Waals surface area contributed by atoms with Gasteiger partial charge in [-0.1, -0.05) is 18.2 Å². The van der Waals surface area contributed by atoms with Crippen molar-refractivity contribution in [2.75, 3.05) is 0 Å². The highest BCUT2D eigenvalue weighted by Crippen LogP contribution is 2.21. The van der Waals surface area contributed by atoms with Crippen LogP contribution in [-0.2, 0) is 0 Å². The number of hydrogen-bond donors (Lipinski definition) is 0. The highest BCUT2D eigenvalue weighted by Gasteiger charge is 2.09. The summed E-state index contributed by atoms with van der Waals surface area (Å²) in [5.41, 5.74) is 2.52. The molecule has 4 nitrogen and oxygen atoms in total. The van der Waals surface area contributed by atoms with Crippen molar-refractivity contribution in [2.45, 2.75) is 0 Å². The number of nitriles is 1. The summed E-state index contributed by atoms with van der Waals surface area (Å²) < 4.78 is 1.71. The minimum Gasteiger partial charge on any atom is -0.298 e. The van der Waals surface area contributed by atoms with Crippen molar-refractivity contribution in [3.63, 3.8) is 0 Å². The van der Waals surface area contributed by atoms with Gasteiger partial charge in [-0.25, -0.2) is 4.68 Å². The van der Waals surface area contributed by atoms with Crippen molar-refractivity contribution < 1.29 is 4.79 Å². The molecule has 0 saturated heterocycles. The Labute approximate surface area is 109 Å². The normalized spacial score (nSPS) is 10.3. The van der Waals surface area contributed by atoms with Crippen molar-refractivity contribution in [1.82, 2.24) is 9.78 Å². The third-order valence-electron chi connectivity index (χ3n) is 2.98. The molecule has 0 bridgehead atoms. The summed E-state index contributed by atoms with van der Waals surface area (Å²) in [5.74, 6) is 0. The molecule has 0 radical (unpaired) electrons. The van der Waals surface area contributed by atoms with Crippen LogP contribution in [0.3, 0.4) is 0 Å².